The molecule has 0 N–H and O–H groups in total. The van der Waals surface area contributed by atoms with E-state index in [0.29, 0.717) is 0 Å². The van der Waals surface area contributed by atoms with Crippen LogP contribution >= 0.6 is 0 Å². The van der Waals surface area contributed by atoms with Crippen LogP contribution in [0.25, 0.3) is 11.0 Å². The molecule has 0 radical (unpaired) electrons. The summed E-state index contributed by atoms with van der Waals surface area (Å²) in [7, 11) is 0. The third kappa shape index (κ3) is 2.58. The Morgan fingerprint density at radius 1 is 1.30 bits per heavy atom. The average molecular weight is 311 g/mol. The van der Waals surface area contributed by atoms with Gasteiger partial charge in [0.15, 0.2) is 5.76 Å². The smallest absolute Gasteiger partial charge is 0.246 e. The summed E-state index contributed by atoms with van der Waals surface area (Å²) < 4.78 is 5.34. The monoisotopic (exact) mass is 311 g/mol. The zero-order valence-electron chi connectivity index (χ0n) is 12.8. The molecule has 1 aliphatic heterocycles. The van der Waals surface area contributed by atoms with Gasteiger partial charge < -0.3 is 9.42 Å². The molecule has 1 aliphatic rings. The van der Waals surface area contributed by atoms with Crippen molar-refractivity contribution >= 4 is 16.9 Å². The van der Waals surface area contributed by atoms with E-state index in [0.717, 1.165) is 41.9 Å². The van der Waals surface area contributed by atoms with E-state index in [2.05, 4.69) is 15.4 Å². The lowest BCUT2D eigenvalue weighted by atomic mass is 10.1. The van der Waals surface area contributed by atoms with Gasteiger partial charge in [0.2, 0.25) is 5.91 Å². The third-order valence-electron chi connectivity index (χ3n) is 4.15. The summed E-state index contributed by atoms with van der Waals surface area (Å²) in [6.45, 7) is 2.75. The van der Waals surface area contributed by atoms with Crippen molar-refractivity contribution in [2.75, 3.05) is 6.54 Å². The molecule has 23 heavy (non-hydrogen) atoms. The van der Waals surface area contributed by atoms with Crippen LogP contribution in [0.2, 0.25) is 0 Å². The van der Waals surface area contributed by atoms with Crippen molar-refractivity contribution in [2.24, 2.45) is 0 Å². The molecule has 0 unspecified atom stereocenters. The van der Waals surface area contributed by atoms with Crippen molar-refractivity contribution in [2.45, 2.75) is 32.4 Å². The SMILES string of the molecule is Cc1cc([C@H]2CCCN2C(=O)Cn2nc3ccccc3n2)on1. The van der Waals surface area contributed by atoms with Crippen LogP contribution in [-0.4, -0.2) is 37.5 Å². The largest absolute Gasteiger partial charge is 0.359 e. The molecular formula is C16H17N5O2. The van der Waals surface area contributed by atoms with E-state index in [1.54, 1.807) is 0 Å². The Morgan fingerprint density at radius 2 is 2.04 bits per heavy atom. The van der Waals surface area contributed by atoms with Crippen molar-refractivity contribution in [3.05, 3.63) is 41.8 Å². The Balaban J connectivity index is 1.53. The highest BCUT2D eigenvalue weighted by molar-refractivity contribution is 5.77. The van der Waals surface area contributed by atoms with Crippen molar-refractivity contribution in [3.63, 3.8) is 0 Å². The van der Waals surface area contributed by atoms with Crippen molar-refractivity contribution < 1.29 is 9.32 Å². The molecule has 7 nitrogen and oxygen atoms in total. The fourth-order valence-corrected chi connectivity index (χ4v) is 3.09. The van der Waals surface area contributed by atoms with E-state index < -0.39 is 0 Å². The van der Waals surface area contributed by atoms with Crippen molar-refractivity contribution in [3.8, 4) is 0 Å². The summed E-state index contributed by atoms with van der Waals surface area (Å²) in [5.41, 5.74) is 2.42. The molecule has 1 saturated heterocycles. The molecule has 4 rings (SSSR count). The Hall–Kier alpha value is -2.70. The molecule has 1 fully saturated rings. The number of likely N-dealkylation sites (tertiary alicyclic amines) is 1. The number of nitrogens with zero attached hydrogens (tertiary/aromatic N) is 5. The number of carbonyl (C=O) groups excluding carboxylic acids is 1. The fourth-order valence-electron chi connectivity index (χ4n) is 3.09. The highest BCUT2D eigenvalue weighted by Crippen LogP contribution is 2.32. The van der Waals surface area contributed by atoms with Crippen LogP contribution in [0.1, 0.15) is 30.3 Å². The van der Waals surface area contributed by atoms with E-state index in [1.165, 1.54) is 4.80 Å². The molecule has 0 spiro atoms. The van der Waals surface area contributed by atoms with E-state index in [4.69, 9.17) is 4.52 Å². The summed E-state index contributed by atoms with van der Waals surface area (Å²) in [6, 6.07) is 9.46. The van der Waals surface area contributed by atoms with Crippen LogP contribution < -0.4 is 0 Å². The Bertz CT molecular complexity index is 820. The Morgan fingerprint density at radius 3 is 2.70 bits per heavy atom. The van der Waals surface area contributed by atoms with Crippen LogP contribution in [0.15, 0.2) is 34.9 Å². The number of aryl methyl sites for hydroxylation is 1. The number of benzene rings is 1. The molecule has 0 saturated carbocycles. The molecule has 7 heteroatoms. The van der Waals surface area contributed by atoms with Crippen LogP contribution in [0.4, 0.5) is 0 Å². The maximum atomic E-state index is 12.6. The summed E-state index contributed by atoms with van der Waals surface area (Å²) in [6.07, 6.45) is 1.86. The molecule has 0 bridgehead atoms. The molecule has 1 aromatic carbocycles. The van der Waals surface area contributed by atoms with Gasteiger partial charge in [-0.05, 0) is 31.9 Å². The molecule has 2 aromatic heterocycles. The first-order valence-corrected chi connectivity index (χ1v) is 7.73. The first-order valence-electron chi connectivity index (χ1n) is 7.73. The van der Waals surface area contributed by atoms with E-state index in [-0.39, 0.29) is 18.5 Å². The van der Waals surface area contributed by atoms with Crippen LogP contribution in [-0.2, 0) is 11.3 Å². The van der Waals surface area contributed by atoms with E-state index in [1.807, 2.05) is 42.2 Å². The number of hydrogen-bond donors (Lipinski definition) is 0. The molecular weight excluding hydrogens is 294 g/mol. The fraction of sp³-hybridized carbons (Fsp3) is 0.375. The lowest BCUT2D eigenvalue weighted by Gasteiger charge is -2.22. The topological polar surface area (TPSA) is 77.0 Å². The maximum absolute atomic E-state index is 12.6. The molecule has 118 valence electrons. The van der Waals surface area contributed by atoms with Gasteiger partial charge in [0.25, 0.3) is 0 Å². The van der Waals surface area contributed by atoms with Gasteiger partial charge in [-0.2, -0.15) is 15.0 Å². The normalized spacial score (nSPS) is 18.0. The summed E-state index contributed by atoms with van der Waals surface area (Å²) >= 11 is 0. The number of rotatable bonds is 3. The minimum absolute atomic E-state index is 0.00172. The predicted molar refractivity (Wildman–Crippen MR) is 82.5 cm³/mol. The van der Waals surface area contributed by atoms with Gasteiger partial charge >= 0.3 is 0 Å². The van der Waals surface area contributed by atoms with E-state index in [9.17, 15) is 4.79 Å². The standard InChI is InChI=1S/C16H17N5O2/c1-11-9-15(23-19-11)14-7-4-8-20(14)16(22)10-21-17-12-5-2-3-6-13(12)18-21/h2-3,5-6,9,14H,4,7-8,10H2,1H3/t14-/m1/s1. The summed E-state index contributed by atoms with van der Waals surface area (Å²) in [5.74, 6) is 0.758. The maximum Gasteiger partial charge on any atom is 0.246 e. The highest BCUT2D eigenvalue weighted by Gasteiger charge is 2.32. The van der Waals surface area contributed by atoms with Gasteiger partial charge in [-0.25, -0.2) is 0 Å². The number of fused-ring (bicyclic) bond motifs is 1. The van der Waals surface area contributed by atoms with E-state index >= 15 is 0 Å². The second-order valence-electron chi connectivity index (χ2n) is 5.83. The first kappa shape index (κ1) is 13.9. The number of hydrogen-bond acceptors (Lipinski definition) is 5. The number of amides is 1. The quantitative estimate of drug-likeness (QED) is 0.740. The lowest BCUT2D eigenvalue weighted by Crippen LogP contribution is -2.33. The molecule has 3 heterocycles. The van der Waals surface area contributed by atoms with Crippen molar-refractivity contribution in [1.82, 2.24) is 25.1 Å². The van der Waals surface area contributed by atoms with Gasteiger partial charge in [-0.15, -0.1) is 0 Å². The second-order valence-corrected chi connectivity index (χ2v) is 5.83. The van der Waals surface area contributed by atoms with Gasteiger partial charge in [-0.1, -0.05) is 17.3 Å². The summed E-state index contributed by atoms with van der Waals surface area (Å²) in [4.78, 5) is 16.0. The molecule has 3 aromatic rings. The van der Waals surface area contributed by atoms with Crippen LogP contribution in [0.5, 0.6) is 0 Å². The van der Waals surface area contributed by atoms with Gasteiger partial charge in [0.1, 0.15) is 17.6 Å². The van der Waals surface area contributed by atoms with Gasteiger partial charge in [0.05, 0.1) is 11.7 Å². The molecule has 1 atom stereocenters. The van der Waals surface area contributed by atoms with Gasteiger partial charge in [-0.3, -0.25) is 4.79 Å². The number of carbonyl (C=O) groups is 1. The number of aromatic nitrogens is 4. The predicted octanol–water partition coefficient (Wildman–Crippen LogP) is 2.09. The van der Waals surface area contributed by atoms with Gasteiger partial charge in [0, 0.05) is 12.6 Å². The van der Waals surface area contributed by atoms with Crippen LogP contribution in [0.3, 0.4) is 0 Å². The minimum atomic E-state index is -0.0336. The zero-order chi connectivity index (χ0) is 15.8. The Kier molecular flexibility index (Phi) is 3.33. The zero-order valence-corrected chi connectivity index (χ0v) is 12.8. The van der Waals surface area contributed by atoms with Crippen molar-refractivity contribution in [1.29, 1.82) is 0 Å². The average Bonchev–Trinajstić information content (AvgIpc) is 3.24. The Labute approximate surface area is 132 Å². The minimum Gasteiger partial charge on any atom is -0.359 e. The highest BCUT2D eigenvalue weighted by atomic mass is 16.5. The van der Waals surface area contributed by atoms with Crippen LogP contribution in [0, 0.1) is 6.92 Å². The summed E-state index contributed by atoms with van der Waals surface area (Å²) in [5, 5.41) is 12.6. The first-order chi connectivity index (χ1) is 11.2. The lowest BCUT2D eigenvalue weighted by molar-refractivity contribution is -0.133. The second kappa shape index (κ2) is 5.49. The molecule has 1 amide bonds. The molecule has 0 aliphatic carbocycles. The third-order valence-corrected chi connectivity index (χ3v) is 4.15.